The molecule has 0 atom stereocenters. The SMILES string of the molecule is COC(=O)C=Cc1cc(OC)c(O)c(OC)c1.COc1cc(C=C(C)C(=O)O)cc(OC)c1O. The lowest BCUT2D eigenvalue weighted by Gasteiger charge is -2.09. The summed E-state index contributed by atoms with van der Waals surface area (Å²) in [5, 5.41) is 28.1. The maximum absolute atomic E-state index is 10.9. The first-order valence-corrected chi connectivity index (χ1v) is 9.69. The third-order valence-corrected chi connectivity index (χ3v) is 4.34. The molecule has 0 bridgehead atoms. The third kappa shape index (κ3) is 7.66. The van der Waals surface area contributed by atoms with Crippen LogP contribution in [0.5, 0.6) is 34.5 Å². The molecule has 0 aliphatic rings. The van der Waals surface area contributed by atoms with E-state index in [4.69, 9.17) is 24.1 Å². The molecule has 10 nitrogen and oxygen atoms in total. The first kappa shape index (κ1) is 27.7. The zero-order chi connectivity index (χ0) is 25.8. The Hall–Kier alpha value is -4.34. The van der Waals surface area contributed by atoms with E-state index < -0.39 is 11.9 Å². The molecule has 0 saturated heterocycles. The topological polar surface area (TPSA) is 141 Å². The molecule has 0 spiro atoms. The number of carboxylic acids is 1. The Morgan fingerprint density at radius 1 is 0.735 bits per heavy atom. The van der Waals surface area contributed by atoms with Crippen LogP contribution in [0.3, 0.4) is 0 Å². The molecule has 0 amide bonds. The number of aromatic hydroxyl groups is 2. The highest BCUT2D eigenvalue weighted by Gasteiger charge is 2.11. The van der Waals surface area contributed by atoms with E-state index in [2.05, 4.69) is 4.74 Å². The van der Waals surface area contributed by atoms with Gasteiger partial charge in [-0.2, -0.15) is 0 Å². The number of aliphatic carboxylic acids is 1. The van der Waals surface area contributed by atoms with Gasteiger partial charge < -0.3 is 39.0 Å². The van der Waals surface area contributed by atoms with E-state index in [1.165, 1.54) is 72.8 Å². The van der Waals surface area contributed by atoms with Crippen molar-refractivity contribution in [2.45, 2.75) is 6.92 Å². The summed E-state index contributed by atoms with van der Waals surface area (Å²) in [6, 6.07) is 6.23. The number of carbonyl (C=O) groups excluding carboxylic acids is 1. The Balaban J connectivity index is 0.000000340. The van der Waals surface area contributed by atoms with E-state index in [9.17, 15) is 19.8 Å². The fourth-order valence-corrected chi connectivity index (χ4v) is 2.55. The predicted molar refractivity (Wildman–Crippen MR) is 125 cm³/mol. The Bertz CT molecular complexity index is 1020. The second-order valence-electron chi connectivity index (χ2n) is 6.54. The van der Waals surface area contributed by atoms with Gasteiger partial charge in [0.05, 0.1) is 35.5 Å². The van der Waals surface area contributed by atoms with E-state index >= 15 is 0 Å². The minimum atomic E-state index is -1.00. The quantitative estimate of drug-likeness (QED) is 0.383. The molecule has 0 aliphatic heterocycles. The fraction of sp³-hybridized carbons (Fsp3) is 0.250. The predicted octanol–water partition coefficient (Wildman–Crippen LogP) is 3.49. The summed E-state index contributed by atoms with van der Waals surface area (Å²) < 4.78 is 24.4. The summed E-state index contributed by atoms with van der Waals surface area (Å²) >= 11 is 0. The second-order valence-corrected chi connectivity index (χ2v) is 6.54. The van der Waals surface area contributed by atoms with Gasteiger partial charge in [0.15, 0.2) is 23.0 Å². The van der Waals surface area contributed by atoms with Crippen molar-refractivity contribution in [2.24, 2.45) is 0 Å². The first-order valence-electron chi connectivity index (χ1n) is 9.69. The molecule has 0 saturated carbocycles. The van der Waals surface area contributed by atoms with Crippen molar-refractivity contribution >= 4 is 24.1 Å². The molecule has 184 valence electrons. The third-order valence-electron chi connectivity index (χ3n) is 4.34. The van der Waals surface area contributed by atoms with Crippen molar-refractivity contribution < 1.29 is 48.6 Å². The average molecular weight is 476 g/mol. The monoisotopic (exact) mass is 476 g/mol. The molecule has 0 aliphatic carbocycles. The van der Waals surface area contributed by atoms with Crippen LogP contribution in [0.25, 0.3) is 12.2 Å². The Morgan fingerprint density at radius 2 is 1.12 bits per heavy atom. The summed E-state index contributed by atoms with van der Waals surface area (Å²) in [4.78, 5) is 21.6. The number of hydrogen-bond donors (Lipinski definition) is 3. The van der Waals surface area contributed by atoms with Gasteiger partial charge in [-0.3, -0.25) is 0 Å². The molecule has 0 radical (unpaired) electrons. The number of carboxylic acid groups (broad SMARTS) is 1. The number of hydrogen-bond acceptors (Lipinski definition) is 9. The highest BCUT2D eigenvalue weighted by atomic mass is 16.5. The maximum atomic E-state index is 10.9. The highest BCUT2D eigenvalue weighted by Crippen LogP contribution is 2.38. The molecule has 3 N–H and O–H groups in total. The largest absolute Gasteiger partial charge is 0.502 e. The van der Waals surface area contributed by atoms with Gasteiger partial charge in [-0.05, 0) is 54.5 Å². The van der Waals surface area contributed by atoms with Crippen LogP contribution in [0.1, 0.15) is 18.1 Å². The van der Waals surface area contributed by atoms with E-state index in [1.54, 1.807) is 12.1 Å². The number of carbonyl (C=O) groups is 2. The summed E-state index contributed by atoms with van der Waals surface area (Å²) in [5.41, 5.74) is 1.41. The molecule has 2 rings (SSSR count). The van der Waals surface area contributed by atoms with E-state index in [0.29, 0.717) is 11.1 Å². The van der Waals surface area contributed by atoms with Crippen molar-refractivity contribution in [3.63, 3.8) is 0 Å². The minimum absolute atomic E-state index is 0.0785. The van der Waals surface area contributed by atoms with E-state index in [-0.39, 0.29) is 40.1 Å². The number of ether oxygens (including phenoxy) is 5. The lowest BCUT2D eigenvalue weighted by Crippen LogP contribution is -1.96. The molecule has 0 unspecified atom stereocenters. The molecule has 34 heavy (non-hydrogen) atoms. The van der Waals surface area contributed by atoms with Gasteiger partial charge in [0, 0.05) is 11.6 Å². The van der Waals surface area contributed by atoms with Crippen molar-refractivity contribution in [1.29, 1.82) is 0 Å². The lowest BCUT2D eigenvalue weighted by molar-refractivity contribution is -0.135. The van der Waals surface area contributed by atoms with E-state index in [1.807, 2.05) is 0 Å². The number of rotatable bonds is 8. The smallest absolute Gasteiger partial charge is 0.331 e. The zero-order valence-corrected chi connectivity index (χ0v) is 19.7. The van der Waals surface area contributed by atoms with Crippen molar-refractivity contribution in [2.75, 3.05) is 35.5 Å². The number of phenols is 2. The Kier molecular flexibility index (Phi) is 10.8. The van der Waals surface area contributed by atoms with Crippen LogP contribution < -0.4 is 18.9 Å². The maximum Gasteiger partial charge on any atom is 0.331 e. The van der Waals surface area contributed by atoms with Crippen molar-refractivity contribution in [3.05, 3.63) is 47.0 Å². The van der Waals surface area contributed by atoms with Crippen LogP contribution in [0.2, 0.25) is 0 Å². The van der Waals surface area contributed by atoms with Crippen LogP contribution in [0.4, 0.5) is 0 Å². The van der Waals surface area contributed by atoms with Gasteiger partial charge >= 0.3 is 11.9 Å². The van der Waals surface area contributed by atoms with Gasteiger partial charge in [-0.15, -0.1) is 0 Å². The summed E-state index contributed by atoms with van der Waals surface area (Å²) in [6.07, 6.45) is 4.27. The summed E-state index contributed by atoms with van der Waals surface area (Å²) in [5.74, 6) is -0.650. The van der Waals surface area contributed by atoms with Crippen LogP contribution >= 0.6 is 0 Å². The molecule has 2 aromatic rings. The molecule has 0 aromatic heterocycles. The minimum Gasteiger partial charge on any atom is -0.502 e. The molecule has 0 fully saturated rings. The van der Waals surface area contributed by atoms with Crippen molar-refractivity contribution in [3.8, 4) is 34.5 Å². The van der Waals surface area contributed by atoms with Gasteiger partial charge in [-0.1, -0.05) is 0 Å². The first-order chi connectivity index (χ1) is 16.1. The van der Waals surface area contributed by atoms with Crippen LogP contribution in [0.15, 0.2) is 35.9 Å². The fourth-order valence-electron chi connectivity index (χ4n) is 2.55. The standard InChI is InChI=1S/2C12H14O5/c1-7(12(14)15)4-8-5-9(16-2)11(13)10(6-8)17-3;1-15-9-6-8(4-5-11(13)17-3)7-10(16-2)12(9)14/h4-6,13H,1-3H3,(H,14,15);4-7,14H,1-3H3. The normalized spacial score (nSPS) is 10.7. The van der Waals surface area contributed by atoms with Crippen LogP contribution in [-0.2, 0) is 14.3 Å². The number of esters is 1. The highest BCUT2D eigenvalue weighted by molar-refractivity contribution is 5.91. The van der Waals surface area contributed by atoms with Gasteiger partial charge in [0.2, 0.25) is 11.5 Å². The Morgan fingerprint density at radius 3 is 1.44 bits per heavy atom. The molecule has 2 aromatic carbocycles. The lowest BCUT2D eigenvalue weighted by atomic mass is 10.1. The van der Waals surface area contributed by atoms with Crippen LogP contribution in [0, 0.1) is 0 Å². The van der Waals surface area contributed by atoms with Crippen molar-refractivity contribution in [1.82, 2.24) is 0 Å². The second kappa shape index (κ2) is 13.3. The van der Waals surface area contributed by atoms with Gasteiger partial charge in [0.1, 0.15) is 0 Å². The Labute approximate surface area is 197 Å². The number of methoxy groups -OCH3 is 5. The van der Waals surface area contributed by atoms with E-state index in [0.717, 1.165) is 0 Å². The number of benzene rings is 2. The molecular formula is C24H28O10. The average Bonchev–Trinajstić information content (AvgIpc) is 2.84. The van der Waals surface area contributed by atoms with Gasteiger partial charge in [0.25, 0.3) is 0 Å². The summed E-state index contributed by atoms with van der Waals surface area (Å²) in [6.45, 7) is 1.48. The molecule has 10 heteroatoms. The van der Waals surface area contributed by atoms with Gasteiger partial charge in [-0.25, -0.2) is 9.59 Å². The molecular weight excluding hydrogens is 448 g/mol. The summed E-state index contributed by atoms with van der Waals surface area (Å²) in [7, 11) is 6.98. The van der Waals surface area contributed by atoms with Crippen LogP contribution in [-0.4, -0.2) is 62.8 Å². The zero-order valence-electron chi connectivity index (χ0n) is 19.7. The number of phenolic OH excluding ortho intramolecular Hbond substituents is 2. The molecule has 0 heterocycles.